The molecule has 528 valence electrons. The summed E-state index contributed by atoms with van der Waals surface area (Å²) in [6, 6.07) is 0. The van der Waals surface area contributed by atoms with Gasteiger partial charge in [0.1, 0.15) is 13.2 Å². The summed E-state index contributed by atoms with van der Waals surface area (Å²) in [5.74, 6) is -2.24. The molecule has 0 radical (unpaired) electrons. The number of unbranched alkanes of at least 4 members (excludes halogenated alkanes) is 59. The molecule has 0 rings (SSSR count). The summed E-state index contributed by atoms with van der Waals surface area (Å²) in [5.41, 5.74) is 0. The van der Waals surface area contributed by atoms with Crippen LogP contribution in [0.25, 0.3) is 0 Å². The number of carbonyl (C=O) groups is 3. The van der Waals surface area contributed by atoms with Crippen molar-refractivity contribution in [2.75, 3.05) is 47.5 Å². The SMILES string of the molecule is CCCCCCCCCC/C=C\CCCCCCCCCCCCCCCCCCCCCCCCCC(=O)OC(COC(=O)CCCCCCCCCCCCCCCCCCCCCCCCCCCCCCC)COC(OCC[N+](C)(C)C)C(=O)[O-]. The first-order chi connectivity index (χ1) is 43.6. The van der Waals surface area contributed by atoms with Gasteiger partial charge in [0.25, 0.3) is 0 Å². The summed E-state index contributed by atoms with van der Waals surface area (Å²) in [6.45, 7) is 4.85. The lowest BCUT2D eigenvalue weighted by atomic mass is 10.0. The van der Waals surface area contributed by atoms with Crippen LogP contribution >= 0.6 is 0 Å². The standard InChI is InChI=1S/C80H155NO8/c1-6-8-10-12-14-16-18-20-22-24-26-28-30-32-34-36-37-38-39-40-41-43-45-47-49-51-53-55-57-59-61-63-65-67-69-71-78(83)89-76(75-88-80(79(84)85)86-73-72-81(3,4)5)74-87-77(82)70-68-66-64-62-60-58-56-54-52-50-48-46-44-42-35-33-31-29-27-25-23-21-19-17-15-13-11-9-7-2/h24,26,76,80H,6-23,25,27-75H2,1-5H3/b26-24-. The fourth-order valence-corrected chi connectivity index (χ4v) is 12.4. The van der Waals surface area contributed by atoms with Crippen LogP contribution in [0.5, 0.6) is 0 Å². The summed E-state index contributed by atoms with van der Waals surface area (Å²) in [7, 11) is 5.96. The van der Waals surface area contributed by atoms with Crippen molar-refractivity contribution in [1.29, 1.82) is 0 Å². The average Bonchev–Trinajstić information content (AvgIpc) is 3.64. The van der Waals surface area contributed by atoms with Crippen molar-refractivity contribution in [3.63, 3.8) is 0 Å². The maximum Gasteiger partial charge on any atom is 0.306 e. The van der Waals surface area contributed by atoms with Gasteiger partial charge < -0.3 is 33.3 Å². The number of quaternary nitrogens is 1. The molecule has 9 nitrogen and oxygen atoms in total. The molecule has 89 heavy (non-hydrogen) atoms. The summed E-state index contributed by atoms with van der Waals surface area (Å²) in [6.07, 6.45) is 86.3. The monoisotopic (exact) mass is 1260 g/mol. The number of hydrogen-bond donors (Lipinski definition) is 0. The van der Waals surface area contributed by atoms with Crippen LogP contribution in [0.3, 0.4) is 0 Å². The highest BCUT2D eigenvalue weighted by Gasteiger charge is 2.22. The topological polar surface area (TPSA) is 111 Å². The van der Waals surface area contributed by atoms with Gasteiger partial charge in [0, 0.05) is 12.8 Å². The normalized spacial score (nSPS) is 12.6. The van der Waals surface area contributed by atoms with E-state index in [-0.39, 0.29) is 32.2 Å². The number of allylic oxidation sites excluding steroid dienone is 2. The minimum Gasteiger partial charge on any atom is -0.545 e. The number of carboxylic acid groups (broad SMARTS) is 1. The van der Waals surface area contributed by atoms with Crippen molar-refractivity contribution in [3.8, 4) is 0 Å². The van der Waals surface area contributed by atoms with Crippen LogP contribution in [0.4, 0.5) is 0 Å². The van der Waals surface area contributed by atoms with E-state index in [0.717, 1.165) is 38.5 Å². The molecule has 0 aromatic heterocycles. The molecule has 0 spiro atoms. The molecular formula is C80H155NO8. The molecule has 2 unspecified atom stereocenters. The van der Waals surface area contributed by atoms with E-state index in [9.17, 15) is 19.5 Å². The van der Waals surface area contributed by atoms with Crippen LogP contribution in [0.1, 0.15) is 425 Å². The van der Waals surface area contributed by atoms with Crippen molar-refractivity contribution >= 4 is 17.9 Å². The zero-order valence-corrected chi connectivity index (χ0v) is 60.6. The smallest absolute Gasteiger partial charge is 0.306 e. The number of hydrogen-bond acceptors (Lipinski definition) is 8. The molecule has 0 aromatic rings. The predicted octanol–water partition coefficient (Wildman–Crippen LogP) is 23.8. The summed E-state index contributed by atoms with van der Waals surface area (Å²) in [5, 5.41) is 11.9. The third-order valence-electron chi connectivity index (χ3n) is 18.5. The van der Waals surface area contributed by atoms with Gasteiger partial charge in [0.15, 0.2) is 12.4 Å². The number of esters is 2. The van der Waals surface area contributed by atoms with Gasteiger partial charge >= 0.3 is 11.9 Å². The van der Waals surface area contributed by atoms with E-state index in [2.05, 4.69) is 26.0 Å². The number of ether oxygens (including phenoxy) is 4. The second kappa shape index (κ2) is 71.9. The van der Waals surface area contributed by atoms with Crippen molar-refractivity contribution in [2.24, 2.45) is 0 Å². The molecule has 0 aliphatic heterocycles. The minimum absolute atomic E-state index is 0.153. The van der Waals surface area contributed by atoms with Gasteiger partial charge in [0.05, 0.1) is 40.3 Å². The molecule has 0 amide bonds. The zero-order valence-electron chi connectivity index (χ0n) is 60.6. The largest absolute Gasteiger partial charge is 0.545 e. The average molecular weight is 1260 g/mol. The lowest BCUT2D eigenvalue weighted by Gasteiger charge is -2.26. The first kappa shape index (κ1) is 87.0. The van der Waals surface area contributed by atoms with Crippen LogP contribution < -0.4 is 5.11 Å². The summed E-state index contributed by atoms with van der Waals surface area (Å²) < 4.78 is 22.9. The molecule has 0 bridgehead atoms. The Kier molecular flexibility index (Phi) is 70.3. The lowest BCUT2D eigenvalue weighted by molar-refractivity contribution is -0.870. The Bertz CT molecular complexity index is 1460. The van der Waals surface area contributed by atoms with Gasteiger partial charge in [0.2, 0.25) is 0 Å². The van der Waals surface area contributed by atoms with Crippen molar-refractivity contribution < 1.29 is 42.9 Å². The third-order valence-corrected chi connectivity index (χ3v) is 18.5. The summed E-state index contributed by atoms with van der Waals surface area (Å²) in [4.78, 5) is 37.6. The number of nitrogens with zero attached hydrogens (tertiary/aromatic N) is 1. The highest BCUT2D eigenvalue weighted by atomic mass is 16.7. The number of carboxylic acids is 1. The van der Waals surface area contributed by atoms with E-state index in [1.54, 1.807) is 0 Å². The molecule has 0 saturated heterocycles. The number of rotatable bonds is 76. The fourth-order valence-electron chi connectivity index (χ4n) is 12.4. The van der Waals surface area contributed by atoms with Crippen LogP contribution in [-0.2, 0) is 33.3 Å². The molecule has 0 heterocycles. The quantitative estimate of drug-likeness (QED) is 0.0195. The van der Waals surface area contributed by atoms with Crippen LogP contribution in [-0.4, -0.2) is 82.3 Å². The molecule has 0 aliphatic carbocycles. The summed E-state index contributed by atoms with van der Waals surface area (Å²) >= 11 is 0. The van der Waals surface area contributed by atoms with Gasteiger partial charge in [-0.1, -0.05) is 386 Å². The van der Waals surface area contributed by atoms with E-state index >= 15 is 0 Å². The van der Waals surface area contributed by atoms with Crippen LogP contribution in [0, 0.1) is 0 Å². The Hall–Kier alpha value is -1.97. The molecule has 0 aliphatic rings. The van der Waals surface area contributed by atoms with Gasteiger partial charge in [-0.15, -0.1) is 0 Å². The molecular weight excluding hydrogens is 1100 g/mol. The first-order valence-corrected chi connectivity index (χ1v) is 39.8. The zero-order chi connectivity index (χ0) is 64.7. The van der Waals surface area contributed by atoms with Crippen LogP contribution in [0.15, 0.2) is 12.2 Å². The van der Waals surface area contributed by atoms with Crippen molar-refractivity contribution in [2.45, 2.75) is 437 Å². The number of carbonyl (C=O) groups excluding carboxylic acids is 3. The van der Waals surface area contributed by atoms with E-state index in [0.29, 0.717) is 17.4 Å². The van der Waals surface area contributed by atoms with Crippen LogP contribution in [0.2, 0.25) is 0 Å². The molecule has 0 aromatic carbocycles. The van der Waals surface area contributed by atoms with E-state index in [4.69, 9.17) is 18.9 Å². The Morgan fingerprint density at radius 3 is 0.831 bits per heavy atom. The van der Waals surface area contributed by atoms with Gasteiger partial charge in [-0.2, -0.15) is 0 Å². The number of likely N-dealkylation sites (N-methyl/N-ethyl adjacent to an activating group) is 1. The van der Waals surface area contributed by atoms with Gasteiger partial charge in [-0.25, -0.2) is 0 Å². The number of aliphatic carboxylic acids is 1. The lowest BCUT2D eigenvalue weighted by Crippen LogP contribution is -2.44. The third kappa shape index (κ3) is 73.3. The second-order valence-corrected chi connectivity index (χ2v) is 28.7. The molecule has 0 saturated carbocycles. The maximum absolute atomic E-state index is 13.0. The Morgan fingerprint density at radius 1 is 0.326 bits per heavy atom. The Morgan fingerprint density at radius 2 is 0.573 bits per heavy atom. The van der Waals surface area contributed by atoms with Gasteiger partial charge in [-0.3, -0.25) is 9.59 Å². The minimum atomic E-state index is -1.62. The van der Waals surface area contributed by atoms with Crippen molar-refractivity contribution in [3.05, 3.63) is 12.2 Å². The van der Waals surface area contributed by atoms with Crippen molar-refractivity contribution in [1.82, 2.24) is 0 Å². The maximum atomic E-state index is 13.0. The first-order valence-electron chi connectivity index (χ1n) is 39.8. The van der Waals surface area contributed by atoms with E-state index < -0.39 is 24.3 Å². The van der Waals surface area contributed by atoms with E-state index in [1.165, 1.54) is 360 Å². The molecule has 0 fully saturated rings. The van der Waals surface area contributed by atoms with E-state index in [1.807, 2.05) is 21.1 Å². The highest BCUT2D eigenvalue weighted by Crippen LogP contribution is 2.20. The predicted molar refractivity (Wildman–Crippen MR) is 380 cm³/mol. The highest BCUT2D eigenvalue weighted by molar-refractivity contribution is 5.70. The second-order valence-electron chi connectivity index (χ2n) is 28.7. The Labute approximate surface area is 555 Å². The fraction of sp³-hybridized carbons (Fsp3) is 0.938. The molecule has 2 atom stereocenters. The molecule has 0 N–H and O–H groups in total. The van der Waals surface area contributed by atoms with Gasteiger partial charge in [-0.05, 0) is 38.5 Å². The Balaban J connectivity index is 3.96. The molecule has 9 heteroatoms.